The monoisotopic (exact) mass is 617 g/mol. The van der Waals surface area contributed by atoms with Gasteiger partial charge in [0.15, 0.2) is 5.75 Å². The van der Waals surface area contributed by atoms with E-state index in [1.54, 1.807) is 0 Å². The molecule has 16 heteroatoms. The number of amides is 1. The highest BCUT2D eigenvalue weighted by atomic mass is 32.2. The van der Waals surface area contributed by atoms with Gasteiger partial charge in [-0.2, -0.15) is 21.6 Å². The van der Waals surface area contributed by atoms with E-state index in [9.17, 15) is 44.3 Å². The minimum atomic E-state index is -6.36. The molecule has 0 heterocycles. The summed E-state index contributed by atoms with van der Waals surface area (Å²) in [5.41, 5.74) is -10.5. The Balaban J connectivity index is 2.84. The van der Waals surface area contributed by atoms with Gasteiger partial charge in [0.25, 0.3) is 6.43 Å². The molecule has 1 N–H and O–H groups in total. The Morgan fingerprint density at radius 2 is 1.59 bits per heavy atom. The van der Waals surface area contributed by atoms with Crippen LogP contribution in [0.3, 0.4) is 0 Å². The lowest BCUT2D eigenvalue weighted by atomic mass is 9.92. The van der Waals surface area contributed by atoms with E-state index >= 15 is 4.39 Å². The Morgan fingerprint density at radius 1 is 1.00 bits per heavy atom. The van der Waals surface area contributed by atoms with E-state index in [1.165, 1.54) is 27.7 Å². The molecule has 0 saturated heterocycles. The summed E-state index contributed by atoms with van der Waals surface area (Å²) in [5, 5.41) is 2.18. The fraction of sp³-hybridized carbons (Fsp3) is 0.440. The SMILES string of the molecule is CCOC(=O)C[C@H](NC(=O)OC(C)(C)C)c1cc(-c2c(C)cc(F)cc2OS(=O)(=O)C(F)(F)F)cc(C(F)F)c1F. The first-order valence-corrected chi connectivity index (χ1v) is 13.2. The second-order valence-corrected chi connectivity index (χ2v) is 11.1. The van der Waals surface area contributed by atoms with Gasteiger partial charge in [-0.05, 0) is 63.9 Å². The maximum absolute atomic E-state index is 15.4. The van der Waals surface area contributed by atoms with Gasteiger partial charge >= 0.3 is 27.7 Å². The lowest BCUT2D eigenvalue weighted by Gasteiger charge is -2.25. The largest absolute Gasteiger partial charge is 0.534 e. The fourth-order valence-corrected chi connectivity index (χ4v) is 4.08. The van der Waals surface area contributed by atoms with E-state index in [0.29, 0.717) is 6.07 Å². The number of halogens is 7. The summed E-state index contributed by atoms with van der Waals surface area (Å²) in [5.74, 6) is -5.06. The van der Waals surface area contributed by atoms with Crippen LogP contribution < -0.4 is 9.50 Å². The van der Waals surface area contributed by atoms with Gasteiger partial charge in [0.2, 0.25) is 0 Å². The van der Waals surface area contributed by atoms with Crippen LogP contribution in [0, 0.1) is 18.6 Å². The van der Waals surface area contributed by atoms with E-state index in [0.717, 1.165) is 19.1 Å². The Hall–Kier alpha value is -3.56. The second-order valence-electron chi connectivity index (χ2n) is 9.56. The highest BCUT2D eigenvalue weighted by Gasteiger charge is 2.49. The van der Waals surface area contributed by atoms with E-state index in [1.807, 2.05) is 0 Å². The van der Waals surface area contributed by atoms with Crippen molar-refractivity contribution in [3.63, 3.8) is 0 Å². The second kappa shape index (κ2) is 12.5. The third-order valence-electron chi connectivity index (χ3n) is 5.14. The van der Waals surface area contributed by atoms with Gasteiger partial charge in [-0.25, -0.2) is 22.4 Å². The van der Waals surface area contributed by atoms with E-state index in [-0.39, 0.29) is 18.2 Å². The first kappa shape index (κ1) is 33.6. The average molecular weight is 618 g/mol. The van der Waals surface area contributed by atoms with Gasteiger partial charge in [-0.15, -0.1) is 0 Å². The van der Waals surface area contributed by atoms with Gasteiger partial charge in [-0.3, -0.25) is 4.79 Å². The zero-order chi connectivity index (χ0) is 31.5. The molecule has 0 fully saturated rings. The number of rotatable bonds is 9. The lowest BCUT2D eigenvalue weighted by Crippen LogP contribution is -2.36. The molecule has 0 radical (unpaired) electrons. The van der Waals surface area contributed by atoms with Crippen LogP contribution in [0.1, 0.15) is 63.3 Å². The molecule has 0 unspecified atom stereocenters. The van der Waals surface area contributed by atoms with Gasteiger partial charge in [0, 0.05) is 17.2 Å². The summed E-state index contributed by atoms with van der Waals surface area (Å²) >= 11 is 0. The predicted molar refractivity (Wildman–Crippen MR) is 130 cm³/mol. The molecule has 0 aromatic heterocycles. The average Bonchev–Trinajstić information content (AvgIpc) is 2.76. The quantitative estimate of drug-likeness (QED) is 0.146. The summed E-state index contributed by atoms with van der Waals surface area (Å²) in [6.45, 7) is 6.86. The predicted octanol–water partition coefficient (Wildman–Crippen LogP) is 6.63. The number of esters is 1. The first-order valence-electron chi connectivity index (χ1n) is 11.7. The van der Waals surface area contributed by atoms with Gasteiger partial charge in [-0.1, -0.05) is 0 Å². The molecule has 0 aliphatic rings. The van der Waals surface area contributed by atoms with Crippen molar-refractivity contribution in [3.05, 3.63) is 52.6 Å². The smallest absolute Gasteiger partial charge is 0.466 e. The van der Waals surface area contributed by atoms with Crippen molar-refractivity contribution < 1.29 is 62.4 Å². The van der Waals surface area contributed by atoms with Crippen LogP contribution in [0.2, 0.25) is 0 Å². The van der Waals surface area contributed by atoms with E-state index in [2.05, 4.69) is 9.50 Å². The molecule has 228 valence electrons. The van der Waals surface area contributed by atoms with Crippen LogP contribution in [0.15, 0.2) is 24.3 Å². The Morgan fingerprint density at radius 3 is 2.10 bits per heavy atom. The molecular weight excluding hydrogens is 591 g/mol. The van der Waals surface area contributed by atoms with Crippen molar-refractivity contribution in [1.82, 2.24) is 5.32 Å². The molecule has 0 bridgehead atoms. The highest BCUT2D eigenvalue weighted by molar-refractivity contribution is 7.88. The minimum Gasteiger partial charge on any atom is -0.466 e. The number of alkyl carbamates (subject to hydrolysis) is 1. The summed E-state index contributed by atoms with van der Waals surface area (Å²) in [4.78, 5) is 24.7. The molecule has 0 spiro atoms. The van der Waals surface area contributed by atoms with Gasteiger partial charge in [0.1, 0.15) is 17.2 Å². The van der Waals surface area contributed by atoms with Crippen LogP contribution in [0.25, 0.3) is 11.1 Å². The third kappa shape index (κ3) is 8.71. The van der Waals surface area contributed by atoms with E-state index in [4.69, 9.17) is 9.47 Å². The Bertz CT molecular complexity index is 1400. The molecule has 0 saturated carbocycles. The maximum atomic E-state index is 15.4. The van der Waals surface area contributed by atoms with Crippen molar-refractivity contribution in [2.45, 2.75) is 64.6 Å². The molecule has 1 amide bonds. The Labute approximate surface area is 230 Å². The first-order chi connectivity index (χ1) is 18.7. The number of aryl methyl sites for hydroxylation is 1. The van der Waals surface area contributed by atoms with Crippen LogP contribution in [-0.2, 0) is 24.4 Å². The normalized spacial score (nSPS) is 13.1. The zero-order valence-electron chi connectivity index (χ0n) is 22.3. The lowest BCUT2D eigenvalue weighted by molar-refractivity contribution is -0.143. The van der Waals surface area contributed by atoms with Crippen molar-refractivity contribution in [2.24, 2.45) is 0 Å². The van der Waals surface area contributed by atoms with Gasteiger partial charge in [0.05, 0.1) is 24.6 Å². The Kier molecular flexibility index (Phi) is 10.3. The standard InChI is InChI=1S/C25H26F7NO7S/c1-6-38-19(34)11-17(33-23(35)39-24(3,4)5)15-8-13(9-16(21(15)27)22(28)29)20-12(2)7-14(26)10-18(20)40-41(36,37)25(30,31)32/h7-10,17,22H,6,11H2,1-5H3,(H,33,35)/t17-/m0/s1. The molecule has 2 aromatic carbocycles. The molecule has 8 nitrogen and oxygen atoms in total. The fourth-order valence-electron chi connectivity index (χ4n) is 3.62. The summed E-state index contributed by atoms with van der Waals surface area (Å²) < 4.78 is 134. The summed E-state index contributed by atoms with van der Waals surface area (Å²) in [7, 11) is -6.36. The van der Waals surface area contributed by atoms with Crippen LogP contribution in [0.4, 0.5) is 35.5 Å². The maximum Gasteiger partial charge on any atom is 0.534 e. The molecule has 1 atom stereocenters. The number of nitrogens with one attached hydrogen (secondary N) is 1. The van der Waals surface area contributed by atoms with Crippen molar-refractivity contribution >= 4 is 22.2 Å². The number of carbonyl (C=O) groups excluding carboxylic acids is 2. The molecule has 2 rings (SSSR count). The van der Waals surface area contributed by atoms with Crippen LogP contribution in [-0.4, -0.2) is 38.2 Å². The summed E-state index contributed by atoms with van der Waals surface area (Å²) in [6.07, 6.45) is -5.53. The molecule has 0 aliphatic carbocycles. The number of carbonyl (C=O) groups is 2. The zero-order valence-corrected chi connectivity index (χ0v) is 23.1. The third-order valence-corrected chi connectivity index (χ3v) is 6.11. The number of benzene rings is 2. The number of ether oxygens (including phenoxy) is 2. The number of hydrogen-bond acceptors (Lipinski definition) is 7. The topological polar surface area (TPSA) is 108 Å². The van der Waals surface area contributed by atoms with Crippen LogP contribution >= 0.6 is 0 Å². The number of hydrogen-bond donors (Lipinski definition) is 1. The van der Waals surface area contributed by atoms with Crippen molar-refractivity contribution in [2.75, 3.05) is 6.61 Å². The van der Waals surface area contributed by atoms with Crippen LogP contribution in [0.5, 0.6) is 5.75 Å². The minimum absolute atomic E-state index is 0.133. The van der Waals surface area contributed by atoms with Gasteiger partial charge < -0.3 is 19.0 Å². The van der Waals surface area contributed by atoms with Crippen molar-refractivity contribution in [3.8, 4) is 16.9 Å². The van der Waals surface area contributed by atoms with E-state index < -0.39 is 91.8 Å². The summed E-state index contributed by atoms with van der Waals surface area (Å²) in [6, 6.07) is 0.556. The molecule has 41 heavy (non-hydrogen) atoms. The van der Waals surface area contributed by atoms with Crippen molar-refractivity contribution in [1.29, 1.82) is 0 Å². The highest BCUT2D eigenvalue weighted by Crippen LogP contribution is 2.41. The number of alkyl halides is 5. The molecule has 2 aromatic rings. The molecular formula is C25H26F7NO7S. The molecule has 0 aliphatic heterocycles.